The van der Waals surface area contributed by atoms with E-state index in [0.29, 0.717) is 6.54 Å². The summed E-state index contributed by atoms with van der Waals surface area (Å²) in [7, 11) is 1.68. The van der Waals surface area contributed by atoms with Crippen LogP contribution >= 0.6 is 12.4 Å². The smallest absolute Gasteiger partial charge is 0.118 e. The summed E-state index contributed by atoms with van der Waals surface area (Å²) in [6.45, 7) is 0.578. The van der Waals surface area contributed by atoms with Crippen molar-refractivity contribution < 1.29 is 4.74 Å². The molecule has 3 aromatic rings. The lowest BCUT2D eigenvalue weighted by Gasteiger charge is -2.15. The van der Waals surface area contributed by atoms with Crippen molar-refractivity contribution in [3.05, 3.63) is 65.9 Å². The third-order valence-electron chi connectivity index (χ3n) is 3.75. The Bertz CT molecular complexity index is 706. The summed E-state index contributed by atoms with van der Waals surface area (Å²) in [5, 5.41) is 1.23. The van der Waals surface area contributed by atoms with Crippen LogP contribution in [0.25, 0.3) is 10.9 Å². The van der Waals surface area contributed by atoms with E-state index in [-0.39, 0.29) is 18.3 Å². The normalized spacial score (nSPS) is 11.9. The van der Waals surface area contributed by atoms with Gasteiger partial charge in [0, 0.05) is 29.6 Å². The summed E-state index contributed by atoms with van der Waals surface area (Å²) >= 11 is 0. The molecule has 4 heteroatoms. The van der Waals surface area contributed by atoms with Gasteiger partial charge in [0.1, 0.15) is 5.75 Å². The lowest BCUT2D eigenvalue weighted by Crippen LogP contribution is -2.13. The number of fused-ring (bicyclic) bond motifs is 1. The van der Waals surface area contributed by atoms with E-state index in [1.54, 1.807) is 7.11 Å². The molecule has 3 rings (SSSR count). The van der Waals surface area contributed by atoms with Gasteiger partial charge < -0.3 is 15.5 Å². The van der Waals surface area contributed by atoms with Crippen molar-refractivity contribution in [3.8, 4) is 5.75 Å². The van der Waals surface area contributed by atoms with E-state index in [0.717, 1.165) is 11.3 Å². The van der Waals surface area contributed by atoms with E-state index in [1.807, 2.05) is 18.2 Å². The molecule has 2 aromatic carbocycles. The molecule has 0 aliphatic rings. The average molecular weight is 303 g/mol. The molecule has 1 atom stereocenters. The average Bonchev–Trinajstić information content (AvgIpc) is 2.93. The molecular formula is C17H19ClN2O. The first kappa shape index (κ1) is 15.4. The maximum atomic E-state index is 6.01. The number of aromatic amines is 1. The first-order chi connectivity index (χ1) is 9.83. The van der Waals surface area contributed by atoms with Crippen LogP contribution in [0.5, 0.6) is 5.75 Å². The summed E-state index contributed by atoms with van der Waals surface area (Å²) < 4.78 is 5.21. The molecule has 110 valence electrons. The highest BCUT2D eigenvalue weighted by Gasteiger charge is 2.16. The standard InChI is InChI=1S/C17H18N2O.ClH/c1-20-13-8-6-12(7-9-13)15(10-18)16-11-19-17-5-3-2-4-14(16)17;/h2-9,11,15,19H,10,18H2,1H3;1H. The van der Waals surface area contributed by atoms with Crippen molar-refractivity contribution in [1.29, 1.82) is 0 Å². The molecule has 1 aromatic heterocycles. The SMILES string of the molecule is COc1ccc(C(CN)c2c[nH]c3ccccc23)cc1.Cl. The van der Waals surface area contributed by atoms with Gasteiger partial charge in [-0.3, -0.25) is 0 Å². The Morgan fingerprint density at radius 2 is 1.81 bits per heavy atom. The zero-order chi connectivity index (χ0) is 13.9. The van der Waals surface area contributed by atoms with Crippen molar-refractivity contribution in [1.82, 2.24) is 4.98 Å². The van der Waals surface area contributed by atoms with Crippen LogP contribution in [-0.4, -0.2) is 18.6 Å². The van der Waals surface area contributed by atoms with Gasteiger partial charge in [-0.25, -0.2) is 0 Å². The third-order valence-corrected chi connectivity index (χ3v) is 3.75. The number of halogens is 1. The van der Waals surface area contributed by atoms with E-state index in [2.05, 4.69) is 41.5 Å². The Balaban J connectivity index is 0.00000161. The van der Waals surface area contributed by atoms with Crippen molar-refractivity contribution in [3.63, 3.8) is 0 Å². The van der Waals surface area contributed by atoms with Crippen LogP contribution in [0.4, 0.5) is 0 Å². The van der Waals surface area contributed by atoms with E-state index >= 15 is 0 Å². The Morgan fingerprint density at radius 1 is 1.10 bits per heavy atom. The first-order valence-electron chi connectivity index (χ1n) is 6.73. The van der Waals surface area contributed by atoms with E-state index in [4.69, 9.17) is 10.5 Å². The highest BCUT2D eigenvalue weighted by Crippen LogP contribution is 2.30. The Hall–Kier alpha value is -1.97. The van der Waals surface area contributed by atoms with Crippen molar-refractivity contribution in [2.24, 2.45) is 5.73 Å². The summed E-state index contributed by atoms with van der Waals surface area (Å²) in [4.78, 5) is 3.32. The molecule has 0 aliphatic carbocycles. The monoisotopic (exact) mass is 302 g/mol. The molecule has 0 aliphatic heterocycles. The van der Waals surface area contributed by atoms with Crippen LogP contribution in [-0.2, 0) is 0 Å². The van der Waals surface area contributed by atoms with Gasteiger partial charge >= 0.3 is 0 Å². The predicted molar refractivity (Wildman–Crippen MR) is 89.4 cm³/mol. The molecule has 3 N–H and O–H groups in total. The minimum absolute atomic E-state index is 0. The molecule has 0 saturated carbocycles. The van der Waals surface area contributed by atoms with Gasteiger partial charge in [-0.1, -0.05) is 30.3 Å². The number of nitrogens with two attached hydrogens (primary N) is 1. The fourth-order valence-electron chi connectivity index (χ4n) is 2.66. The fourth-order valence-corrected chi connectivity index (χ4v) is 2.66. The summed E-state index contributed by atoms with van der Waals surface area (Å²) in [5.41, 5.74) is 9.61. The van der Waals surface area contributed by atoms with E-state index in [9.17, 15) is 0 Å². The maximum Gasteiger partial charge on any atom is 0.118 e. The Morgan fingerprint density at radius 3 is 2.48 bits per heavy atom. The summed E-state index contributed by atoms with van der Waals surface area (Å²) in [6.07, 6.45) is 2.06. The van der Waals surface area contributed by atoms with Crippen LogP contribution in [0.3, 0.4) is 0 Å². The molecule has 3 nitrogen and oxygen atoms in total. The molecule has 0 spiro atoms. The molecule has 0 bridgehead atoms. The van der Waals surface area contributed by atoms with Gasteiger partial charge in [-0.15, -0.1) is 12.4 Å². The molecule has 0 saturated heterocycles. The number of nitrogens with one attached hydrogen (secondary N) is 1. The van der Waals surface area contributed by atoms with Gasteiger partial charge in [-0.05, 0) is 29.3 Å². The molecule has 0 fully saturated rings. The van der Waals surface area contributed by atoms with Crippen molar-refractivity contribution >= 4 is 23.3 Å². The van der Waals surface area contributed by atoms with Crippen LogP contribution in [0.15, 0.2) is 54.7 Å². The van der Waals surface area contributed by atoms with Gasteiger partial charge in [0.25, 0.3) is 0 Å². The van der Waals surface area contributed by atoms with E-state index in [1.165, 1.54) is 16.5 Å². The van der Waals surface area contributed by atoms with Crippen molar-refractivity contribution in [2.75, 3.05) is 13.7 Å². The molecule has 0 amide bonds. The van der Waals surface area contributed by atoms with Crippen LogP contribution in [0.1, 0.15) is 17.0 Å². The number of aromatic nitrogens is 1. The number of para-hydroxylation sites is 1. The zero-order valence-electron chi connectivity index (χ0n) is 11.9. The number of methoxy groups -OCH3 is 1. The third kappa shape index (κ3) is 2.89. The number of H-pyrrole nitrogens is 1. The summed E-state index contributed by atoms with van der Waals surface area (Å²) in [5.74, 6) is 1.06. The second kappa shape index (κ2) is 6.66. The Kier molecular flexibility index (Phi) is 4.89. The minimum Gasteiger partial charge on any atom is -0.497 e. The molecule has 1 heterocycles. The largest absolute Gasteiger partial charge is 0.497 e. The van der Waals surface area contributed by atoms with Gasteiger partial charge in [0.05, 0.1) is 7.11 Å². The van der Waals surface area contributed by atoms with Gasteiger partial charge in [0.2, 0.25) is 0 Å². The first-order valence-corrected chi connectivity index (χ1v) is 6.73. The van der Waals surface area contributed by atoms with Gasteiger partial charge in [-0.2, -0.15) is 0 Å². The predicted octanol–water partition coefficient (Wildman–Crippen LogP) is 3.69. The number of hydrogen-bond donors (Lipinski definition) is 2. The zero-order valence-corrected chi connectivity index (χ0v) is 12.7. The maximum absolute atomic E-state index is 6.01. The topological polar surface area (TPSA) is 51.0 Å². The molecule has 1 unspecified atom stereocenters. The van der Waals surface area contributed by atoms with Crippen LogP contribution in [0, 0.1) is 0 Å². The van der Waals surface area contributed by atoms with Gasteiger partial charge in [0.15, 0.2) is 0 Å². The van der Waals surface area contributed by atoms with Crippen molar-refractivity contribution in [2.45, 2.75) is 5.92 Å². The summed E-state index contributed by atoms with van der Waals surface area (Å²) in [6, 6.07) is 16.4. The highest BCUT2D eigenvalue weighted by molar-refractivity contribution is 5.85. The fraction of sp³-hybridized carbons (Fsp3) is 0.176. The minimum atomic E-state index is 0. The highest BCUT2D eigenvalue weighted by atomic mass is 35.5. The number of benzene rings is 2. The molecule has 0 radical (unpaired) electrons. The lowest BCUT2D eigenvalue weighted by molar-refractivity contribution is 0.414. The van der Waals surface area contributed by atoms with E-state index < -0.39 is 0 Å². The lowest BCUT2D eigenvalue weighted by atomic mass is 9.91. The van der Waals surface area contributed by atoms with Crippen LogP contribution in [0.2, 0.25) is 0 Å². The quantitative estimate of drug-likeness (QED) is 0.772. The number of ether oxygens (including phenoxy) is 1. The van der Waals surface area contributed by atoms with Crippen LogP contribution < -0.4 is 10.5 Å². The number of rotatable bonds is 4. The number of hydrogen-bond acceptors (Lipinski definition) is 2. The second-order valence-corrected chi connectivity index (χ2v) is 4.85. The molecule has 21 heavy (non-hydrogen) atoms. The Labute approximate surface area is 130 Å². The second-order valence-electron chi connectivity index (χ2n) is 4.85. The molecular weight excluding hydrogens is 284 g/mol.